The van der Waals surface area contributed by atoms with Crippen molar-refractivity contribution in [2.45, 2.75) is 98.1 Å². The van der Waals surface area contributed by atoms with Gasteiger partial charge < -0.3 is 5.32 Å². The molecule has 0 saturated heterocycles. The molecule has 1 N–H and O–H groups in total. The minimum Gasteiger partial charge on any atom is -0.311 e. The topological polar surface area (TPSA) is 12.0 Å². The van der Waals surface area contributed by atoms with Crippen LogP contribution in [0.1, 0.15) is 86.0 Å². The van der Waals surface area contributed by atoms with Crippen molar-refractivity contribution in [2.24, 2.45) is 17.8 Å². The van der Waals surface area contributed by atoms with E-state index < -0.39 is 0 Å². The van der Waals surface area contributed by atoms with Gasteiger partial charge in [-0.1, -0.05) is 53.4 Å². The molecule has 0 aromatic carbocycles. The Kier molecular flexibility index (Phi) is 8.06. The molecule has 0 aromatic heterocycles. The zero-order valence-electron chi connectivity index (χ0n) is 14.0. The van der Waals surface area contributed by atoms with Crippen LogP contribution in [0.25, 0.3) is 0 Å². The van der Waals surface area contributed by atoms with Gasteiger partial charge in [0.05, 0.1) is 0 Å². The molecule has 0 bridgehead atoms. The lowest BCUT2D eigenvalue weighted by molar-refractivity contribution is 0.269. The van der Waals surface area contributed by atoms with Crippen LogP contribution >= 0.6 is 0 Å². The van der Waals surface area contributed by atoms with Gasteiger partial charge in [0.1, 0.15) is 0 Å². The summed E-state index contributed by atoms with van der Waals surface area (Å²) in [4.78, 5) is 0. The SMILES string of the molecule is CC(C)CC(CC(C)C)N[C@@H](C)C1CCCCCC1. The Morgan fingerprint density at radius 3 is 1.68 bits per heavy atom. The van der Waals surface area contributed by atoms with Crippen molar-refractivity contribution in [2.75, 3.05) is 0 Å². The van der Waals surface area contributed by atoms with Crippen LogP contribution in [0.3, 0.4) is 0 Å². The van der Waals surface area contributed by atoms with Gasteiger partial charge in [-0.3, -0.25) is 0 Å². The summed E-state index contributed by atoms with van der Waals surface area (Å²) in [5.74, 6) is 2.53. The van der Waals surface area contributed by atoms with Gasteiger partial charge in [-0.25, -0.2) is 0 Å². The van der Waals surface area contributed by atoms with Gasteiger partial charge >= 0.3 is 0 Å². The molecule has 0 spiro atoms. The van der Waals surface area contributed by atoms with Crippen LogP contribution in [0.2, 0.25) is 0 Å². The smallest absolute Gasteiger partial charge is 0.00745 e. The number of nitrogens with one attached hydrogen (secondary N) is 1. The van der Waals surface area contributed by atoms with Crippen LogP contribution in [0, 0.1) is 17.8 Å². The van der Waals surface area contributed by atoms with Crippen LogP contribution in [-0.4, -0.2) is 12.1 Å². The molecular formula is C18H37N. The summed E-state index contributed by atoms with van der Waals surface area (Å²) in [5.41, 5.74) is 0. The molecule has 0 radical (unpaired) electrons. The lowest BCUT2D eigenvalue weighted by Gasteiger charge is -2.31. The molecule has 1 aliphatic carbocycles. The van der Waals surface area contributed by atoms with Crippen LogP contribution in [0.4, 0.5) is 0 Å². The lowest BCUT2D eigenvalue weighted by atomic mass is 9.90. The van der Waals surface area contributed by atoms with E-state index in [-0.39, 0.29) is 0 Å². The Morgan fingerprint density at radius 2 is 1.26 bits per heavy atom. The molecule has 1 nitrogen and oxygen atoms in total. The van der Waals surface area contributed by atoms with Gasteiger partial charge in [0, 0.05) is 12.1 Å². The third-order valence-corrected chi connectivity index (χ3v) is 4.62. The van der Waals surface area contributed by atoms with E-state index in [4.69, 9.17) is 0 Å². The number of hydrogen-bond acceptors (Lipinski definition) is 1. The monoisotopic (exact) mass is 267 g/mol. The van der Waals surface area contributed by atoms with Gasteiger partial charge in [-0.2, -0.15) is 0 Å². The second kappa shape index (κ2) is 9.00. The Balaban J connectivity index is 2.45. The molecule has 1 heteroatoms. The molecule has 0 heterocycles. The molecule has 1 rings (SSSR count). The fraction of sp³-hybridized carbons (Fsp3) is 1.00. The van der Waals surface area contributed by atoms with Crippen molar-refractivity contribution in [3.8, 4) is 0 Å². The van der Waals surface area contributed by atoms with Crippen LogP contribution < -0.4 is 5.32 Å². The highest BCUT2D eigenvalue weighted by atomic mass is 14.9. The van der Waals surface area contributed by atoms with Crippen molar-refractivity contribution in [3.63, 3.8) is 0 Å². The summed E-state index contributed by atoms with van der Waals surface area (Å²) in [6.45, 7) is 11.8. The van der Waals surface area contributed by atoms with E-state index in [1.165, 1.54) is 51.4 Å². The Bertz CT molecular complexity index is 204. The maximum absolute atomic E-state index is 3.98. The average Bonchev–Trinajstić information content (AvgIpc) is 2.55. The average molecular weight is 268 g/mol. The van der Waals surface area contributed by atoms with E-state index in [2.05, 4.69) is 39.9 Å². The highest BCUT2D eigenvalue weighted by Gasteiger charge is 2.22. The molecule has 1 aliphatic rings. The molecule has 0 aliphatic heterocycles. The van der Waals surface area contributed by atoms with Crippen molar-refractivity contribution in [1.29, 1.82) is 0 Å². The third-order valence-electron chi connectivity index (χ3n) is 4.62. The van der Waals surface area contributed by atoms with Gasteiger partial charge in [0.25, 0.3) is 0 Å². The predicted molar refractivity (Wildman–Crippen MR) is 86.5 cm³/mol. The summed E-state index contributed by atoms with van der Waals surface area (Å²) >= 11 is 0. The van der Waals surface area contributed by atoms with Crippen molar-refractivity contribution < 1.29 is 0 Å². The van der Waals surface area contributed by atoms with Crippen molar-refractivity contribution in [1.82, 2.24) is 5.32 Å². The lowest BCUT2D eigenvalue weighted by Crippen LogP contribution is -2.42. The highest BCUT2D eigenvalue weighted by molar-refractivity contribution is 4.80. The summed E-state index contributed by atoms with van der Waals surface area (Å²) in [6, 6.07) is 1.43. The van der Waals surface area contributed by atoms with Crippen LogP contribution in [-0.2, 0) is 0 Å². The molecule has 1 saturated carbocycles. The second-order valence-electron chi connectivity index (χ2n) is 7.66. The first-order valence-corrected chi connectivity index (χ1v) is 8.75. The fourth-order valence-electron chi connectivity index (χ4n) is 3.69. The van der Waals surface area contributed by atoms with Gasteiger partial charge in [0.15, 0.2) is 0 Å². The summed E-state index contributed by atoms with van der Waals surface area (Å²) in [7, 11) is 0. The molecule has 0 amide bonds. The van der Waals surface area contributed by atoms with Crippen LogP contribution in [0.5, 0.6) is 0 Å². The largest absolute Gasteiger partial charge is 0.311 e. The van der Waals surface area contributed by atoms with E-state index in [1.807, 2.05) is 0 Å². The summed E-state index contributed by atoms with van der Waals surface area (Å²) < 4.78 is 0. The van der Waals surface area contributed by atoms with E-state index in [0.29, 0.717) is 6.04 Å². The first kappa shape index (κ1) is 17.0. The summed E-state index contributed by atoms with van der Waals surface area (Å²) in [6.07, 6.45) is 11.4. The normalized spacial score (nSPS) is 20.2. The van der Waals surface area contributed by atoms with E-state index in [9.17, 15) is 0 Å². The van der Waals surface area contributed by atoms with Gasteiger partial charge in [-0.15, -0.1) is 0 Å². The maximum atomic E-state index is 3.98. The van der Waals surface area contributed by atoms with Crippen molar-refractivity contribution in [3.05, 3.63) is 0 Å². The highest BCUT2D eigenvalue weighted by Crippen LogP contribution is 2.26. The van der Waals surface area contributed by atoms with Crippen LogP contribution in [0.15, 0.2) is 0 Å². The first-order chi connectivity index (χ1) is 8.99. The standard InChI is InChI=1S/C18H37N/c1-14(2)12-18(13-15(3)4)19-16(5)17-10-8-6-7-9-11-17/h14-19H,6-13H2,1-5H3/t16-/m0/s1. The minimum absolute atomic E-state index is 0.709. The first-order valence-electron chi connectivity index (χ1n) is 8.75. The van der Waals surface area contributed by atoms with Crippen molar-refractivity contribution >= 4 is 0 Å². The second-order valence-corrected chi connectivity index (χ2v) is 7.66. The molecule has 1 fully saturated rings. The number of rotatable bonds is 7. The zero-order valence-corrected chi connectivity index (χ0v) is 14.0. The summed E-state index contributed by atoms with van der Waals surface area (Å²) in [5, 5.41) is 3.98. The minimum atomic E-state index is 0.709. The van der Waals surface area contributed by atoms with Gasteiger partial charge in [0.2, 0.25) is 0 Å². The third kappa shape index (κ3) is 7.34. The van der Waals surface area contributed by atoms with E-state index in [0.717, 1.165) is 23.8 Å². The fourth-order valence-corrected chi connectivity index (χ4v) is 3.69. The molecular weight excluding hydrogens is 230 g/mol. The van der Waals surface area contributed by atoms with Gasteiger partial charge in [-0.05, 0) is 50.4 Å². The Hall–Kier alpha value is -0.0400. The molecule has 114 valence electrons. The Labute approximate surface area is 121 Å². The molecule has 0 aromatic rings. The number of hydrogen-bond donors (Lipinski definition) is 1. The maximum Gasteiger partial charge on any atom is 0.00745 e. The van der Waals surface area contributed by atoms with E-state index in [1.54, 1.807) is 0 Å². The molecule has 19 heavy (non-hydrogen) atoms. The Morgan fingerprint density at radius 1 is 0.789 bits per heavy atom. The predicted octanol–water partition coefficient (Wildman–Crippen LogP) is 5.40. The van der Waals surface area contributed by atoms with E-state index >= 15 is 0 Å². The zero-order chi connectivity index (χ0) is 14.3. The molecule has 0 unspecified atom stereocenters. The quantitative estimate of drug-likeness (QED) is 0.609. The molecule has 1 atom stereocenters.